The van der Waals surface area contributed by atoms with E-state index in [-0.39, 0.29) is 16.9 Å². The van der Waals surface area contributed by atoms with Crippen molar-refractivity contribution >= 4 is 28.8 Å². The van der Waals surface area contributed by atoms with E-state index in [4.69, 9.17) is 4.42 Å². The molecule has 0 saturated heterocycles. The molecule has 18 heavy (non-hydrogen) atoms. The van der Waals surface area contributed by atoms with Crippen molar-refractivity contribution in [1.82, 2.24) is 9.97 Å². The maximum atomic E-state index is 11.3. The lowest BCUT2D eigenvalue weighted by atomic mass is 10.3. The van der Waals surface area contributed by atoms with Crippen LogP contribution in [0, 0.1) is 13.8 Å². The minimum absolute atomic E-state index is 0.00188. The van der Waals surface area contributed by atoms with Gasteiger partial charge in [-0.15, -0.1) is 0 Å². The Hall–Kier alpha value is -1.01. The van der Waals surface area contributed by atoms with Crippen LogP contribution in [0.1, 0.15) is 11.4 Å². The molecule has 0 spiro atoms. The first-order chi connectivity index (χ1) is 8.30. The van der Waals surface area contributed by atoms with Gasteiger partial charge in [-0.1, -0.05) is 0 Å². The second-order valence-electron chi connectivity index (χ2n) is 3.71. The van der Waals surface area contributed by atoms with Crippen LogP contribution < -0.4 is 5.30 Å². The van der Waals surface area contributed by atoms with Gasteiger partial charge in [-0.2, -0.15) is 0 Å². The highest BCUT2D eigenvalue weighted by Crippen LogP contribution is 2.37. The molecule has 0 aliphatic carbocycles. The molecule has 0 radical (unpaired) electrons. The topological polar surface area (TPSA) is 96.5 Å². The Morgan fingerprint density at radius 1 is 1.28 bits per heavy atom. The molecule has 2 aromatic heterocycles. The molecule has 8 heteroatoms. The Bertz CT molecular complexity index is 626. The molecule has 0 saturated carbocycles. The maximum Gasteiger partial charge on any atom is 0.360 e. The zero-order chi connectivity index (χ0) is 13.5. The highest BCUT2D eigenvalue weighted by Gasteiger charge is 2.27. The summed E-state index contributed by atoms with van der Waals surface area (Å²) >= 11 is 3.33. The summed E-state index contributed by atoms with van der Waals surface area (Å²) < 4.78 is 17.1. The minimum Gasteiger partial charge on any atom is -0.460 e. The minimum atomic E-state index is -4.40. The summed E-state index contributed by atoms with van der Waals surface area (Å²) in [7, 11) is -4.40. The van der Waals surface area contributed by atoms with Crippen LogP contribution in [0.25, 0.3) is 11.6 Å². The van der Waals surface area contributed by atoms with Crippen molar-refractivity contribution in [2.45, 2.75) is 13.8 Å². The molecule has 0 fully saturated rings. The van der Waals surface area contributed by atoms with Gasteiger partial charge in [0.05, 0.1) is 22.1 Å². The molecule has 2 N–H and O–H groups in total. The van der Waals surface area contributed by atoms with Gasteiger partial charge in [0.15, 0.2) is 11.6 Å². The SMILES string of the molecule is Cc1nc(-c2occc2P(=O)(O)O)nc(C)c1Br. The maximum absolute atomic E-state index is 11.3. The monoisotopic (exact) mass is 332 g/mol. The van der Waals surface area contributed by atoms with Gasteiger partial charge in [0, 0.05) is 0 Å². The van der Waals surface area contributed by atoms with Gasteiger partial charge in [0.2, 0.25) is 0 Å². The average molecular weight is 333 g/mol. The lowest BCUT2D eigenvalue weighted by Crippen LogP contribution is -2.07. The summed E-state index contributed by atoms with van der Waals surface area (Å²) in [6, 6.07) is 1.23. The Labute approximate surface area is 111 Å². The first kappa shape index (κ1) is 13.4. The third-order valence-electron chi connectivity index (χ3n) is 2.34. The molecular formula is C10H10BrN2O4P. The van der Waals surface area contributed by atoms with Crippen molar-refractivity contribution in [3.8, 4) is 11.6 Å². The van der Waals surface area contributed by atoms with Crippen molar-refractivity contribution in [2.75, 3.05) is 0 Å². The molecule has 0 aliphatic rings. The molecule has 2 heterocycles. The molecule has 0 amide bonds. The second kappa shape index (κ2) is 4.59. The van der Waals surface area contributed by atoms with Crippen LogP contribution in [-0.2, 0) is 4.57 Å². The van der Waals surface area contributed by atoms with Crippen molar-refractivity contribution < 1.29 is 18.8 Å². The Morgan fingerprint density at radius 2 is 1.83 bits per heavy atom. The molecule has 0 atom stereocenters. The number of rotatable bonds is 2. The molecule has 0 unspecified atom stereocenters. The lowest BCUT2D eigenvalue weighted by Gasteiger charge is -2.06. The Balaban J connectivity index is 2.64. The van der Waals surface area contributed by atoms with E-state index in [0.29, 0.717) is 11.4 Å². The van der Waals surface area contributed by atoms with Crippen molar-refractivity contribution in [3.63, 3.8) is 0 Å². The standard InChI is InChI=1S/C10H10BrN2O4P/c1-5-8(11)6(2)13-10(12-5)9-7(3-4-17-9)18(14,15)16/h3-4H,1-2H3,(H2,14,15,16). The number of hydrogen-bond acceptors (Lipinski definition) is 4. The summed E-state index contributed by atoms with van der Waals surface area (Å²) in [6.45, 7) is 3.53. The van der Waals surface area contributed by atoms with E-state index < -0.39 is 7.60 Å². The van der Waals surface area contributed by atoms with Crippen LogP contribution in [-0.4, -0.2) is 19.8 Å². The van der Waals surface area contributed by atoms with E-state index in [1.165, 1.54) is 12.3 Å². The summed E-state index contributed by atoms with van der Waals surface area (Å²) in [4.78, 5) is 26.7. The van der Waals surface area contributed by atoms with E-state index in [9.17, 15) is 14.4 Å². The number of halogens is 1. The van der Waals surface area contributed by atoms with Crippen LogP contribution in [0.5, 0.6) is 0 Å². The van der Waals surface area contributed by atoms with Gasteiger partial charge in [0.1, 0.15) is 5.30 Å². The predicted molar refractivity (Wildman–Crippen MR) is 68.6 cm³/mol. The zero-order valence-electron chi connectivity index (χ0n) is 9.59. The quantitative estimate of drug-likeness (QED) is 0.815. The molecule has 2 rings (SSSR count). The van der Waals surface area contributed by atoms with Gasteiger partial charge in [-0.25, -0.2) is 9.97 Å². The van der Waals surface area contributed by atoms with E-state index in [0.717, 1.165) is 4.47 Å². The van der Waals surface area contributed by atoms with E-state index >= 15 is 0 Å². The van der Waals surface area contributed by atoms with Crippen LogP contribution in [0.4, 0.5) is 0 Å². The third-order valence-corrected chi connectivity index (χ3v) is 4.47. The summed E-state index contributed by atoms with van der Waals surface area (Å²) in [5, 5.41) is -0.205. The number of nitrogens with zero attached hydrogens (tertiary/aromatic N) is 2. The Morgan fingerprint density at radius 3 is 2.33 bits per heavy atom. The molecule has 96 valence electrons. The highest BCUT2D eigenvalue weighted by molar-refractivity contribution is 9.10. The fourth-order valence-corrected chi connectivity index (χ4v) is 2.35. The van der Waals surface area contributed by atoms with Gasteiger partial charge in [-0.3, -0.25) is 4.57 Å². The van der Waals surface area contributed by atoms with E-state index in [1.54, 1.807) is 13.8 Å². The molecule has 2 aromatic rings. The number of aryl methyl sites for hydroxylation is 2. The normalized spacial score (nSPS) is 11.8. The van der Waals surface area contributed by atoms with Gasteiger partial charge in [-0.05, 0) is 35.8 Å². The average Bonchev–Trinajstić information content (AvgIpc) is 2.73. The van der Waals surface area contributed by atoms with Crippen molar-refractivity contribution in [3.05, 3.63) is 28.2 Å². The molecule has 6 nitrogen and oxygen atoms in total. The first-order valence-electron chi connectivity index (χ1n) is 4.95. The lowest BCUT2D eigenvalue weighted by molar-refractivity contribution is 0.387. The number of furan rings is 1. The van der Waals surface area contributed by atoms with Crippen LogP contribution >= 0.6 is 23.5 Å². The number of hydrogen-bond donors (Lipinski definition) is 2. The van der Waals surface area contributed by atoms with Crippen molar-refractivity contribution in [2.24, 2.45) is 0 Å². The summed E-state index contributed by atoms with van der Waals surface area (Å²) in [5.74, 6) is 0.165. The predicted octanol–water partition coefficient (Wildman–Crippen LogP) is 1.92. The van der Waals surface area contributed by atoms with Crippen LogP contribution in [0.2, 0.25) is 0 Å². The van der Waals surface area contributed by atoms with Gasteiger partial charge in [0.25, 0.3) is 0 Å². The first-order valence-corrected chi connectivity index (χ1v) is 7.36. The van der Waals surface area contributed by atoms with Gasteiger partial charge >= 0.3 is 7.60 Å². The molecular weight excluding hydrogens is 323 g/mol. The van der Waals surface area contributed by atoms with E-state index in [1.807, 2.05) is 0 Å². The summed E-state index contributed by atoms with van der Waals surface area (Å²) in [5.41, 5.74) is 1.34. The van der Waals surface area contributed by atoms with Crippen LogP contribution in [0.15, 0.2) is 21.2 Å². The third kappa shape index (κ3) is 2.40. The zero-order valence-corrected chi connectivity index (χ0v) is 12.1. The fourth-order valence-electron chi connectivity index (χ4n) is 1.50. The van der Waals surface area contributed by atoms with Gasteiger partial charge < -0.3 is 14.2 Å². The van der Waals surface area contributed by atoms with Crippen molar-refractivity contribution in [1.29, 1.82) is 0 Å². The van der Waals surface area contributed by atoms with Crippen LogP contribution in [0.3, 0.4) is 0 Å². The molecule has 0 bridgehead atoms. The molecule has 0 aromatic carbocycles. The summed E-state index contributed by atoms with van der Waals surface area (Å²) in [6.07, 6.45) is 1.21. The number of aromatic nitrogens is 2. The smallest absolute Gasteiger partial charge is 0.360 e. The largest absolute Gasteiger partial charge is 0.460 e. The Kier molecular flexibility index (Phi) is 3.42. The molecule has 0 aliphatic heterocycles. The fraction of sp³-hybridized carbons (Fsp3) is 0.200. The van der Waals surface area contributed by atoms with E-state index in [2.05, 4.69) is 25.9 Å². The second-order valence-corrected chi connectivity index (χ2v) is 6.07. The highest BCUT2D eigenvalue weighted by atomic mass is 79.9.